The Hall–Kier alpha value is -2.41. The highest BCUT2D eigenvalue weighted by atomic mass is 15.2. The van der Waals surface area contributed by atoms with Crippen molar-refractivity contribution in [1.29, 1.82) is 5.26 Å². The molecule has 0 saturated heterocycles. The van der Waals surface area contributed by atoms with Gasteiger partial charge in [0, 0.05) is 19.2 Å². The third kappa shape index (κ3) is 3.08. The summed E-state index contributed by atoms with van der Waals surface area (Å²) in [6.07, 6.45) is 0.484. The Morgan fingerprint density at radius 2 is 1.95 bits per heavy atom. The summed E-state index contributed by atoms with van der Waals surface area (Å²) in [5, 5.41) is 17.1. The van der Waals surface area contributed by atoms with E-state index in [4.69, 9.17) is 5.26 Å². The van der Waals surface area contributed by atoms with Crippen LogP contribution in [0.3, 0.4) is 0 Å². The number of rotatable bonds is 4. The zero-order valence-electron chi connectivity index (χ0n) is 11.2. The Balaban J connectivity index is 2.20. The molecule has 4 nitrogen and oxygen atoms in total. The number of nitriles is 1. The second-order valence-electron chi connectivity index (χ2n) is 4.42. The van der Waals surface area contributed by atoms with Crippen molar-refractivity contribution in [2.24, 2.45) is 0 Å². The fraction of sp³-hybridized carbons (Fsp3) is 0.267. The minimum absolute atomic E-state index is 0.484. The predicted molar refractivity (Wildman–Crippen MR) is 75.7 cm³/mol. The fourth-order valence-electron chi connectivity index (χ4n) is 1.87. The van der Waals surface area contributed by atoms with Crippen LogP contribution in [0, 0.1) is 18.3 Å². The Labute approximate surface area is 113 Å². The molecule has 4 heteroatoms. The first-order valence-electron chi connectivity index (χ1n) is 6.20. The Bertz CT molecular complexity index is 584. The van der Waals surface area contributed by atoms with Gasteiger partial charge in [0.25, 0.3) is 0 Å². The number of hydrogen-bond acceptors (Lipinski definition) is 4. The van der Waals surface area contributed by atoms with Gasteiger partial charge in [-0.3, -0.25) is 0 Å². The lowest BCUT2D eigenvalue weighted by atomic mass is 10.1. The van der Waals surface area contributed by atoms with Crippen LogP contribution in [0.4, 0.5) is 5.82 Å². The lowest BCUT2D eigenvalue weighted by molar-refractivity contribution is 0.860. The van der Waals surface area contributed by atoms with Gasteiger partial charge in [-0.15, -0.1) is 10.2 Å². The predicted octanol–water partition coefficient (Wildman–Crippen LogP) is 2.80. The summed E-state index contributed by atoms with van der Waals surface area (Å²) in [4.78, 5) is 1.93. The molecule has 0 aliphatic heterocycles. The number of aromatic nitrogens is 2. The summed E-state index contributed by atoms with van der Waals surface area (Å²) in [5.74, 6) is 0.785. The van der Waals surface area contributed by atoms with Crippen LogP contribution in [0.25, 0.3) is 11.3 Å². The van der Waals surface area contributed by atoms with Crippen LogP contribution < -0.4 is 4.90 Å². The summed E-state index contributed by atoms with van der Waals surface area (Å²) in [5.41, 5.74) is 3.15. The van der Waals surface area contributed by atoms with Crippen LogP contribution in [0.5, 0.6) is 0 Å². The first-order valence-corrected chi connectivity index (χ1v) is 6.20. The molecule has 0 radical (unpaired) electrons. The zero-order valence-corrected chi connectivity index (χ0v) is 11.2. The lowest BCUT2D eigenvalue weighted by Gasteiger charge is -2.15. The molecule has 0 aliphatic carbocycles. The minimum Gasteiger partial charge on any atom is -0.357 e. The topological polar surface area (TPSA) is 52.8 Å². The van der Waals surface area contributed by atoms with Gasteiger partial charge in [0.15, 0.2) is 5.82 Å². The SMILES string of the molecule is Cc1ccccc1-c1ccc(N(C)CCC#N)nn1. The third-order valence-corrected chi connectivity index (χ3v) is 3.02. The maximum absolute atomic E-state index is 8.57. The molecule has 0 unspecified atom stereocenters. The molecule has 2 aromatic rings. The molecule has 1 aromatic heterocycles. The van der Waals surface area contributed by atoms with Crippen molar-refractivity contribution >= 4 is 5.82 Å². The van der Waals surface area contributed by atoms with E-state index >= 15 is 0 Å². The summed E-state index contributed by atoms with van der Waals surface area (Å²) in [7, 11) is 1.91. The number of anilines is 1. The number of benzene rings is 1. The smallest absolute Gasteiger partial charge is 0.151 e. The van der Waals surface area contributed by atoms with Crippen molar-refractivity contribution in [2.75, 3.05) is 18.5 Å². The third-order valence-electron chi connectivity index (χ3n) is 3.02. The van der Waals surface area contributed by atoms with E-state index in [1.807, 2.05) is 42.3 Å². The van der Waals surface area contributed by atoms with Gasteiger partial charge in [-0.25, -0.2) is 0 Å². The molecule has 0 fully saturated rings. The Morgan fingerprint density at radius 1 is 1.16 bits per heavy atom. The molecule has 0 spiro atoms. The molecule has 1 heterocycles. The largest absolute Gasteiger partial charge is 0.357 e. The Morgan fingerprint density at radius 3 is 2.58 bits per heavy atom. The molecule has 0 amide bonds. The molecular weight excluding hydrogens is 236 g/mol. The van der Waals surface area contributed by atoms with E-state index in [1.165, 1.54) is 5.56 Å². The first kappa shape index (κ1) is 13.0. The second-order valence-corrected chi connectivity index (χ2v) is 4.42. The molecule has 0 saturated carbocycles. The molecule has 0 atom stereocenters. The minimum atomic E-state index is 0.484. The van der Waals surface area contributed by atoms with E-state index in [9.17, 15) is 0 Å². The van der Waals surface area contributed by atoms with Gasteiger partial charge in [-0.1, -0.05) is 24.3 Å². The van der Waals surface area contributed by atoms with E-state index < -0.39 is 0 Å². The quantitative estimate of drug-likeness (QED) is 0.839. The molecule has 0 N–H and O–H groups in total. The van der Waals surface area contributed by atoms with Crippen LogP contribution in [0.15, 0.2) is 36.4 Å². The van der Waals surface area contributed by atoms with E-state index in [2.05, 4.69) is 29.3 Å². The van der Waals surface area contributed by atoms with Gasteiger partial charge in [-0.2, -0.15) is 5.26 Å². The van der Waals surface area contributed by atoms with Crippen LogP contribution in [0.2, 0.25) is 0 Å². The molecule has 1 aromatic carbocycles. The highest BCUT2D eigenvalue weighted by Gasteiger charge is 2.06. The van der Waals surface area contributed by atoms with Crippen LogP contribution in [-0.4, -0.2) is 23.8 Å². The van der Waals surface area contributed by atoms with Gasteiger partial charge >= 0.3 is 0 Å². The monoisotopic (exact) mass is 252 g/mol. The molecular formula is C15H16N4. The van der Waals surface area contributed by atoms with Gasteiger partial charge in [-0.05, 0) is 24.6 Å². The van der Waals surface area contributed by atoms with Gasteiger partial charge < -0.3 is 4.90 Å². The highest BCUT2D eigenvalue weighted by Crippen LogP contribution is 2.21. The van der Waals surface area contributed by atoms with Gasteiger partial charge in [0.2, 0.25) is 0 Å². The van der Waals surface area contributed by atoms with Gasteiger partial charge in [0.1, 0.15) is 0 Å². The van der Waals surface area contributed by atoms with Crippen molar-refractivity contribution in [3.05, 3.63) is 42.0 Å². The van der Waals surface area contributed by atoms with E-state index in [-0.39, 0.29) is 0 Å². The van der Waals surface area contributed by atoms with Crippen molar-refractivity contribution in [1.82, 2.24) is 10.2 Å². The maximum Gasteiger partial charge on any atom is 0.151 e. The normalized spacial score (nSPS) is 9.95. The standard InChI is InChI=1S/C15H16N4/c1-12-6-3-4-7-13(12)14-8-9-15(18-17-14)19(2)11-5-10-16/h3-4,6-9H,5,11H2,1-2H3. The van der Waals surface area contributed by atoms with E-state index in [0.29, 0.717) is 13.0 Å². The summed E-state index contributed by atoms with van der Waals surface area (Å²) in [6, 6.07) is 14.1. The molecule has 19 heavy (non-hydrogen) atoms. The highest BCUT2D eigenvalue weighted by molar-refractivity contribution is 5.63. The van der Waals surface area contributed by atoms with Crippen molar-refractivity contribution in [3.8, 4) is 17.3 Å². The molecule has 0 bridgehead atoms. The van der Waals surface area contributed by atoms with E-state index in [1.54, 1.807) is 0 Å². The Kier molecular flexibility index (Phi) is 4.09. The molecule has 2 rings (SSSR count). The number of hydrogen-bond donors (Lipinski definition) is 0. The first-order chi connectivity index (χ1) is 9.22. The average Bonchev–Trinajstić information content (AvgIpc) is 2.45. The second kappa shape index (κ2) is 5.96. The van der Waals surface area contributed by atoms with Crippen LogP contribution in [-0.2, 0) is 0 Å². The maximum atomic E-state index is 8.57. The fourth-order valence-corrected chi connectivity index (χ4v) is 1.87. The lowest BCUT2D eigenvalue weighted by Crippen LogP contribution is -2.19. The van der Waals surface area contributed by atoms with E-state index in [0.717, 1.165) is 17.1 Å². The van der Waals surface area contributed by atoms with Crippen molar-refractivity contribution < 1.29 is 0 Å². The summed E-state index contributed by atoms with van der Waals surface area (Å²) >= 11 is 0. The molecule has 96 valence electrons. The number of aryl methyl sites for hydroxylation is 1. The van der Waals surface area contributed by atoms with Crippen molar-refractivity contribution in [3.63, 3.8) is 0 Å². The average molecular weight is 252 g/mol. The van der Waals surface area contributed by atoms with Crippen LogP contribution in [0.1, 0.15) is 12.0 Å². The van der Waals surface area contributed by atoms with Crippen LogP contribution >= 0.6 is 0 Å². The van der Waals surface area contributed by atoms with Crippen molar-refractivity contribution in [2.45, 2.75) is 13.3 Å². The van der Waals surface area contributed by atoms with Gasteiger partial charge in [0.05, 0.1) is 18.2 Å². The summed E-state index contributed by atoms with van der Waals surface area (Å²) < 4.78 is 0. The number of nitrogens with zero attached hydrogens (tertiary/aromatic N) is 4. The summed E-state index contributed by atoms with van der Waals surface area (Å²) in [6.45, 7) is 2.72. The zero-order chi connectivity index (χ0) is 13.7. The molecule has 0 aliphatic rings.